The molecular weight excluding hydrogens is 294 g/mol. The maximum Gasteiger partial charge on any atom is 0.323 e. The number of carboxylic acids is 1. The number of hydrogen-bond acceptors (Lipinski definition) is 7. The zero-order valence-electron chi connectivity index (χ0n) is 9.72. The molecule has 0 bridgehead atoms. The number of carboxylic acid groups (broad SMARTS) is 1. The van der Waals surface area contributed by atoms with Gasteiger partial charge in [-0.2, -0.15) is 0 Å². The van der Waals surface area contributed by atoms with Crippen molar-refractivity contribution in [3.63, 3.8) is 0 Å². The Balaban J connectivity index is 2.21. The van der Waals surface area contributed by atoms with Gasteiger partial charge in [-0.15, -0.1) is 5.10 Å². The Bertz CT molecular complexity index is 583. The predicted octanol–water partition coefficient (Wildman–Crippen LogP) is -0.748. The highest BCUT2D eigenvalue weighted by Crippen LogP contribution is 2.19. The van der Waals surface area contributed by atoms with Gasteiger partial charge in [0.25, 0.3) is 5.91 Å². The smallest absolute Gasteiger partial charge is 0.323 e. The van der Waals surface area contributed by atoms with Gasteiger partial charge < -0.3 is 10.0 Å². The lowest BCUT2D eigenvalue weighted by Gasteiger charge is -2.25. The van der Waals surface area contributed by atoms with Crippen LogP contribution in [-0.4, -0.2) is 64.0 Å². The SMILES string of the molecule is O=C(O)CN(C(=O)c1csnn1)C1CCS(=O)(=O)C1. The molecule has 0 spiro atoms. The molecule has 1 atom stereocenters. The number of aromatic nitrogens is 2. The Morgan fingerprint density at radius 1 is 1.53 bits per heavy atom. The number of amides is 1. The van der Waals surface area contributed by atoms with Crippen LogP contribution >= 0.6 is 11.5 Å². The van der Waals surface area contributed by atoms with E-state index in [1.165, 1.54) is 5.38 Å². The van der Waals surface area contributed by atoms with Gasteiger partial charge in [-0.05, 0) is 18.0 Å². The number of rotatable bonds is 4. The molecule has 0 aliphatic carbocycles. The van der Waals surface area contributed by atoms with Crippen molar-refractivity contribution in [3.8, 4) is 0 Å². The van der Waals surface area contributed by atoms with Gasteiger partial charge in [-0.25, -0.2) is 8.42 Å². The van der Waals surface area contributed by atoms with Crippen molar-refractivity contribution in [2.24, 2.45) is 0 Å². The Morgan fingerprint density at radius 3 is 2.74 bits per heavy atom. The molecule has 1 aliphatic rings. The molecule has 0 aromatic carbocycles. The topological polar surface area (TPSA) is 118 Å². The van der Waals surface area contributed by atoms with Gasteiger partial charge in [0.2, 0.25) is 0 Å². The highest BCUT2D eigenvalue weighted by molar-refractivity contribution is 7.91. The first-order valence-electron chi connectivity index (χ1n) is 5.39. The Labute approximate surface area is 113 Å². The van der Waals surface area contributed by atoms with Crippen molar-refractivity contribution in [1.82, 2.24) is 14.5 Å². The van der Waals surface area contributed by atoms with E-state index in [0.29, 0.717) is 0 Å². The molecule has 1 aliphatic heterocycles. The monoisotopic (exact) mass is 305 g/mol. The second-order valence-corrected chi connectivity index (χ2v) is 7.01. The lowest BCUT2D eigenvalue weighted by Crippen LogP contribution is -2.44. The van der Waals surface area contributed by atoms with Crippen molar-refractivity contribution in [1.29, 1.82) is 0 Å². The van der Waals surface area contributed by atoms with E-state index in [1.807, 2.05) is 0 Å². The summed E-state index contributed by atoms with van der Waals surface area (Å²) < 4.78 is 26.4. The van der Waals surface area contributed by atoms with Crippen LogP contribution in [0.4, 0.5) is 0 Å². The van der Waals surface area contributed by atoms with E-state index in [-0.39, 0.29) is 23.6 Å². The number of carbonyl (C=O) groups is 2. The summed E-state index contributed by atoms with van der Waals surface area (Å²) in [5.41, 5.74) is 0.0375. The van der Waals surface area contributed by atoms with Crippen molar-refractivity contribution in [3.05, 3.63) is 11.1 Å². The number of carbonyl (C=O) groups excluding carboxylic acids is 1. The van der Waals surface area contributed by atoms with Crippen LogP contribution < -0.4 is 0 Å². The van der Waals surface area contributed by atoms with E-state index in [9.17, 15) is 18.0 Å². The quantitative estimate of drug-likeness (QED) is 0.777. The van der Waals surface area contributed by atoms with E-state index in [2.05, 4.69) is 9.59 Å². The fourth-order valence-corrected chi connectivity index (χ4v) is 4.10. The van der Waals surface area contributed by atoms with Gasteiger partial charge in [0.05, 0.1) is 11.5 Å². The van der Waals surface area contributed by atoms with E-state index in [0.717, 1.165) is 16.4 Å². The Morgan fingerprint density at radius 2 is 2.26 bits per heavy atom. The van der Waals surface area contributed by atoms with Crippen LogP contribution in [0.5, 0.6) is 0 Å². The molecule has 0 saturated carbocycles. The minimum Gasteiger partial charge on any atom is -0.480 e. The fourth-order valence-electron chi connectivity index (χ4n) is 1.94. The van der Waals surface area contributed by atoms with Crippen molar-refractivity contribution in [2.45, 2.75) is 12.5 Å². The van der Waals surface area contributed by atoms with Crippen molar-refractivity contribution >= 4 is 33.2 Å². The zero-order chi connectivity index (χ0) is 14.0. The number of aliphatic carboxylic acids is 1. The standard InChI is InChI=1S/C9H11N3O5S2/c13-8(14)3-12(6-1-2-19(16,17)5-6)9(15)7-4-18-11-10-7/h4,6H,1-3,5H2,(H,13,14). The van der Waals surface area contributed by atoms with E-state index in [4.69, 9.17) is 5.11 Å². The zero-order valence-corrected chi connectivity index (χ0v) is 11.4. The molecule has 1 fully saturated rings. The summed E-state index contributed by atoms with van der Waals surface area (Å²) in [6.07, 6.45) is 0.249. The molecule has 1 unspecified atom stereocenters. The number of sulfone groups is 1. The normalized spacial score (nSPS) is 21.2. The Hall–Kier alpha value is -1.55. The molecule has 19 heavy (non-hydrogen) atoms. The second kappa shape index (κ2) is 5.21. The van der Waals surface area contributed by atoms with E-state index in [1.54, 1.807) is 0 Å². The van der Waals surface area contributed by atoms with Crippen LogP contribution in [-0.2, 0) is 14.6 Å². The van der Waals surface area contributed by atoms with Crippen molar-refractivity contribution in [2.75, 3.05) is 18.1 Å². The first-order valence-corrected chi connectivity index (χ1v) is 8.05. The van der Waals surface area contributed by atoms with Crippen LogP contribution in [0.1, 0.15) is 16.9 Å². The average Bonchev–Trinajstić information content (AvgIpc) is 2.94. The summed E-state index contributed by atoms with van der Waals surface area (Å²) in [6.45, 7) is -0.545. The molecule has 1 amide bonds. The Kier molecular flexibility index (Phi) is 3.80. The molecular formula is C9H11N3O5S2. The molecule has 1 saturated heterocycles. The largest absolute Gasteiger partial charge is 0.480 e. The summed E-state index contributed by atoms with van der Waals surface area (Å²) in [7, 11) is -3.20. The van der Waals surface area contributed by atoms with Gasteiger partial charge in [-0.3, -0.25) is 9.59 Å². The summed E-state index contributed by atoms with van der Waals surface area (Å²) in [4.78, 5) is 24.0. The molecule has 104 valence electrons. The third kappa shape index (κ3) is 3.26. The highest BCUT2D eigenvalue weighted by Gasteiger charge is 2.36. The summed E-state index contributed by atoms with van der Waals surface area (Å²) in [5.74, 6) is -2.03. The third-order valence-corrected chi connectivity index (χ3v) is 5.05. The minimum absolute atomic E-state index is 0.0314. The molecule has 1 N–H and O–H groups in total. The summed E-state index contributed by atoms with van der Waals surface area (Å²) >= 11 is 0.972. The van der Waals surface area contributed by atoms with Gasteiger partial charge in [-0.1, -0.05) is 4.49 Å². The van der Waals surface area contributed by atoms with Crippen LogP contribution in [0.15, 0.2) is 5.38 Å². The lowest BCUT2D eigenvalue weighted by molar-refractivity contribution is -0.138. The molecule has 8 nitrogen and oxygen atoms in total. The van der Waals surface area contributed by atoms with Gasteiger partial charge in [0.15, 0.2) is 15.5 Å². The highest BCUT2D eigenvalue weighted by atomic mass is 32.2. The van der Waals surface area contributed by atoms with Crippen molar-refractivity contribution < 1.29 is 23.1 Å². The maximum absolute atomic E-state index is 12.1. The summed E-state index contributed by atoms with van der Waals surface area (Å²) in [5, 5.41) is 13.8. The lowest BCUT2D eigenvalue weighted by atomic mass is 10.2. The third-order valence-electron chi connectivity index (χ3n) is 2.79. The van der Waals surface area contributed by atoms with Gasteiger partial charge in [0, 0.05) is 11.4 Å². The minimum atomic E-state index is -3.20. The molecule has 1 aromatic rings. The fraction of sp³-hybridized carbons (Fsp3) is 0.556. The average molecular weight is 305 g/mol. The molecule has 0 radical (unpaired) electrons. The van der Waals surface area contributed by atoms with E-state index >= 15 is 0 Å². The van der Waals surface area contributed by atoms with Crippen LogP contribution in [0.2, 0.25) is 0 Å². The predicted molar refractivity (Wildman–Crippen MR) is 65.6 cm³/mol. The van der Waals surface area contributed by atoms with Crippen LogP contribution in [0.25, 0.3) is 0 Å². The van der Waals surface area contributed by atoms with Crippen LogP contribution in [0, 0.1) is 0 Å². The van der Waals surface area contributed by atoms with Gasteiger partial charge >= 0.3 is 5.97 Å². The maximum atomic E-state index is 12.1. The molecule has 1 aromatic heterocycles. The number of nitrogens with zero attached hydrogens (tertiary/aromatic N) is 3. The summed E-state index contributed by atoms with van der Waals surface area (Å²) in [6, 6.07) is -0.615. The van der Waals surface area contributed by atoms with Gasteiger partial charge in [0.1, 0.15) is 6.54 Å². The number of hydrogen-bond donors (Lipinski definition) is 1. The molecule has 2 rings (SSSR count). The first kappa shape index (κ1) is 13.9. The molecule has 10 heteroatoms. The second-order valence-electron chi connectivity index (χ2n) is 4.17. The molecule has 2 heterocycles. The van der Waals surface area contributed by atoms with E-state index < -0.39 is 34.3 Å². The first-order chi connectivity index (χ1) is 8.89. The van der Waals surface area contributed by atoms with Crippen LogP contribution in [0.3, 0.4) is 0 Å².